The summed E-state index contributed by atoms with van der Waals surface area (Å²) >= 11 is 0. The second-order valence-electron chi connectivity index (χ2n) is 5.45. The number of piperazine rings is 1. The minimum absolute atomic E-state index is 0.171. The van der Waals surface area contributed by atoms with Crippen LogP contribution in [0, 0.1) is 6.92 Å². The Kier molecular flexibility index (Phi) is 4.75. The van der Waals surface area contributed by atoms with Gasteiger partial charge in [0.15, 0.2) is 0 Å². The van der Waals surface area contributed by atoms with Gasteiger partial charge in [-0.15, -0.1) is 0 Å². The molecule has 0 radical (unpaired) electrons. The average Bonchev–Trinajstić information content (AvgIpc) is 2.38. The van der Waals surface area contributed by atoms with E-state index in [0.29, 0.717) is 0 Å². The fourth-order valence-electron chi connectivity index (χ4n) is 2.46. The maximum atomic E-state index is 6.27. The minimum Gasteiger partial charge on any atom is -0.324 e. The summed E-state index contributed by atoms with van der Waals surface area (Å²) < 4.78 is 0. The molecule has 0 saturated carbocycles. The first-order valence-corrected chi connectivity index (χ1v) is 6.88. The van der Waals surface area contributed by atoms with Gasteiger partial charge in [0.2, 0.25) is 0 Å². The predicted octanol–water partition coefficient (Wildman–Crippen LogP) is 1.63. The molecule has 0 bridgehead atoms. The Hall–Kier alpha value is -0.900. The molecule has 1 fully saturated rings. The number of aryl methyl sites for hydroxylation is 1. The second kappa shape index (κ2) is 6.32. The standard InChI is InChI=1S/C15H25N3/c1-13-4-3-5-14(12-13)15(16)6-7-18-10-8-17(2)9-11-18/h3-5,12,15H,6-11,16H2,1-2H3. The SMILES string of the molecule is Cc1cccc(C(N)CCN2CCN(C)CC2)c1. The van der Waals surface area contributed by atoms with Gasteiger partial charge in [0, 0.05) is 38.8 Å². The van der Waals surface area contributed by atoms with Crippen molar-refractivity contribution in [3.05, 3.63) is 35.4 Å². The molecule has 1 unspecified atom stereocenters. The molecule has 0 aliphatic carbocycles. The first-order chi connectivity index (χ1) is 8.65. The number of nitrogens with two attached hydrogens (primary N) is 1. The van der Waals surface area contributed by atoms with Gasteiger partial charge in [-0.05, 0) is 26.0 Å². The summed E-state index contributed by atoms with van der Waals surface area (Å²) in [4.78, 5) is 4.91. The van der Waals surface area contributed by atoms with Crippen LogP contribution in [0.5, 0.6) is 0 Å². The number of rotatable bonds is 4. The van der Waals surface area contributed by atoms with Crippen molar-refractivity contribution in [2.75, 3.05) is 39.8 Å². The molecule has 0 aromatic heterocycles. The molecule has 0 amide bonds. The van der Waals surface area contributed by atoms with Gasteiger partial charge in [0.1, 0.15) is 0 Å². The van der Waals surface area contributed by atoms with Gasteiger partial charge < -0.3 is 15.5 Å². The first-order valence-electron chi connectivity index (χ1n) is 6.88. The minimum atomic E-state index is 0.171. The Bertz CT molecular complexity index is 370. The average molecular weight is 247 g/mol. The van der Waals surface area contributed by atoms with Crippen molar-refractivity contribution in [3.8, 4) is 0 Å². The lowest BCUT2D eigenvalue weighted by molar-refractivity contribution is 0.150. The van der Waals surface area contributed by atoms with E-state index in [1.807, 2.05) is 0 Å². The number of likely N-dealkylation sites (N-methyl/N-ethyl adjacent to an activating group) is 1. The maximum absolute atomic E-state index is 6.27. The normalized spacial score (nSPS) is 19.9. The van der Waals surface area contributed by atoms with Gasteiger partial charge in [-0.3, -0.25) is 0 Å². The molecule has 1 saturated heterocycles. The molecule has 1 aliphatic heterocycles. The Balaban J connectivity index is 1.79. The van der Waals surface area contributed by atoms with Gasteiger partial charge >= 0.3 is 0 Å². The molecule has 3 heteroatoms. The van der Waals surface area contributed by atoms with E-state index >= 15 is 0 Å². The van der Waals surface area contributed by atoms with E-state index in [1.165, 1.54) is 37.3 Å². The highest BCUT2D eigenvalue weighted by Crippen LogP contribution is 2.16. The van der Waals surface area contributed by atoms with E-state index in [-0.39, 0.29) is 6.04 Å². The lowest BCUT2D eigenvalue weighted by Gasteiger charge is -2.32. The zero-order valence-corrected chi connectivity index (χ0v) is 11.6. The summed E-state index contributed by atoms with van der Waals surface area (Å²) in [7, 11) is 2.19. The van der Waals surface area contributed by atoms with Crippen molar-refractivity contribution >= 4 is 0 Å². The van der Waals surface area contributed by atoms with E-state index in [1.54, 1.807) is 0 Å². The number of nitrogens with zero attached hydrogens (tertiary/aromatic N) is 2. The van der Waals surface area contributed by atoms with Crippen LogP contribution in [0.4, 0.5) is 0 Å². The van der Waals surface area contributed by atoms with Crippen LogP contribution in [-0.2, 0) is 0 Å². The van der Waals surface area contributed by atoms with Gasteiger partial charge in [-0.25, -0.2) is 0 Å². The fourth-order valence-corrected chi connectivity index (χ4v) is 2.46. The van der Waals surface area contributed by atoms with Crippen LogP contribution in [0.25, 0.3) is 0 Å². The third kappa shape index (κ3) is 3.80. The Morgan fingerprint density at radius 1 is 1.22 bits per heavy atom. The Labute approximate surface area is 111 Å². The van der Waals surface area contributed by atoms with Crippen LogP contribution in [0.15, 0.2) is 24.3 Å². The molecule has 2 rings (SSSR count). The monoisotopic (exact) mass is 247 g/mol. The highest BCUT2D eigenvalue weighted by molar-refractivity contribution is 5.24. The lowest BCUT2D eigenvalue weighted by atomic mass is 10.0. The van der Waals surface area contributed by atoms with Crippen LogP contribution in [0.2, 0.25) is 0 Å². The summed E-state index contributed by atoms with van der Waals surface area (Å²) in [6, 6.07) is 8.73. The first kappa shape index (κ1) is 13.5. The largest absolute Gasteiger partial charge is 0.324 e. The summed E-state index contributed by atoms with van der Waals surface area (Å²) in [6.07, 6.45) is 1.05. The van der Waals surface area contributed by atoms with Crippen molar-refractivity contribution in [2.45, 2.75) is 19.4 Å². The summed E-state index contributed by atoms with van der Waals surface area (Å²) in [5, 5.41) is 0. The molecule has 1 aromatic rings. The van der Waals surface area contributed by atoms with Crippen molar-refractivity contribution < 1.29 is 0 Å². The number of hydrogen-bond acceptors (Lipinski definition) is 3. The molecule has 1 aliphatic rings. The molecule has 1 heterocycles. The van der Waals surface area contributed by atoms with E-state index in [9.17, 15) is 0 Å². The molecular weight excluding hydrogens is 222 g/mol. The second-order valence-corrected chi connectivity index (χ2v) is 5.45. The van der Waals surface area contributed by atoms with Gasteiger partial charge in [0.05, 0.1) is 0 Å². The van der Waals surface area contributed by atoms with E-state index in [4.69, 9.17) is 5.73 Å². The molecule has 2 N–H and O–H groups in total. The van der Waals surface area contributed by atoms with Crippen molar-refractivity contribution in [1.29, 1.82) is 0 Å². The fraction of sp³-hybridized carbons (Fsp3) is 0.600. The summed E-state index contributed by atoms with van der Waals surface area (Å²) in [5.41, 5.74) is 8.83. The van der Waals surface area contributed by atoms with Gasteiger partial charge in [-0.2, -0.15) is 0 Å². The van der Waals surface area contributed by atoms with Crippen molar-refractivity contribution in [3.63, 3.8) is 0 Å². The third-order valence-corrected chi connectivity index (χ3v) is 3.82. The van der Waals surface area contributed by atoms with Crippen molar-refractivity contribution in [1.82, 2.24) is 9.80 Å². The third-order valence-electron chi connectivity index (χ3n) is 3.82. The molecule has 1 aromatic carbocycles. The lowest BCUT2D eigenvalue weighted by Crippen LogP contribution is -2.45. The molecule has 18 heavy (non-hydrogen) atoms. The van der Waals surface area contributed by atoms with E-state index in [2.05, 4.69) is 48.0 Å². The zero-order chi connectivity index (χ0) is 13.0. The van der Waals surface area contributed by atoms with Crippen LogP contribution >= 0.6 is 0 Å². The predicted molar refractivity (Wildman–Crippen MR) is 76.7 cm³/mol. The Morgan fingerprint density at radius 2 is 1.94 bits per heavy atom. The van der Waals surface area contributed by atoms with E-state index in [0.717, 1.165) is 13.0 Å². The van der Waals surface area contributed by atoms with Crippen LogP contribution < -0.4 is 5.73 Å². The van der Waals surface area contributed by atoms with Crippen molar-refractivity contribution in [2.24, 2.45) is 5.73 Å². The molecule has 100 valence electrons. The van der Waals surface area contributed by atoms with Crippen LogP contribution in [-0.4, -0.2) is 49.6 Å². The van der Waals surface area contributed by atoms with Gasteiger partial charge in [-0.1, -0.05) is 29.8 Å². The number of hydrogen-bond donors (Lipinski definition) is 1. The molecule has 0 spiro atoms. The molecule has 3 nitrogen and oxygen atoms in total. The zero-order valence-electron chi connectivity index (χ0n) is 11.6. The highest BCUT2D eigenvalue weighted by atomic mass is 15.2. The smallest absolute Gasteiger partial charge is 0.0307 e. The molecular formula is C15H25N3. The van der Waals surface area contributed by atoms with Crippen LogP contribution in [0.1, 0.15) is 23.6 Å². The van der Waals surface area contributed by atoms with Crippen LogP contribution in [0.3, 0.4) is 0 Å². The summed E-state index contributed by atoms with van der Waals surface area (Å²) in [5.74, 6) is 0. The van der Waals surface area contributed by atoms with E-state index < -0.39 is 0 Å². The molecule has 1 atom stereocenters. The quantitative estimate of drug-likeness (QED) is 0.878. The summed E-state index contributed by atoms with van der Waals surface area (Å²) in [6.45, 7) is 7.95. The maximum Gasteiger partial charge on any atom is 0.0307 e. The highest BCUT2D eigenvalue weighted by Gasteiger charge is 2.15. The topological polar surface area (TPSA) is 32.5 Å². The number of benzene rings is 1. The Morgan fingerprint density at radius 3 is 2.61 bits per heavy atom. The van der Waals surface area contributed by atoms with Gasteiger partial charge in [0.25, 0.3) is 0 Å².